The number of aryl methyl sites for hydroxylation is 1. The van der Waals surface area contributed by atoms with Gasteiger partial charge >= 0.3 is 0 Å². The average Bonchev–Trinajstić information content (AvgIpc) is 2.66. The van der Waals surface area contributed by atoms with Crippen LogP contribution in [0, 0.1) is 13.8 Å². The third kappa shape index (κ3) is 3.94. The molecule has 4 rings (SSSR count). The van der Waals surface area contributed by atoms with Crippen LogP contribution >= 0.6 is 0 Å². The summed E-state index contributed by atoms with van der Waals surface area (Å²) in [7, 11) is 0. The first-order valence-electron chi connectivity index (χ1n) is 10.1. The van der Waals surface area contributed by atoms with Crippen molar-refractivity contribution in [3.63, 3.8) is 0 Å². The van der Waals surface area contributed by atoms with Gasteiger partial charge in [-0.2, -0.15) is 5.10 Å². The van der Waals surface area contributed by atoms with Crippen LogP contribution in [-0.2, 0) is 5.92 Å². The smallest absolute Gasteiger partial charge is 0.270 e. The van der Waals surface area contributed by atoms with Crippen LogP contribution in [0.15, 0.2) is 36.4 Å². The van der Waals surface area contributed by atoms with Crippen molar-refractivity contribution in [3.05, 3.63) is 58.8 Å². The molecule has 1 fully saturated rings. The van der Waals surface area contributed by atoms with Crippen LogP contribution in [0.5, 0.6) is 5.75 Å². The van der Waals surface area contributed by atoms with Gasteiger partial charge in [-0.05, 0) is 50.1 Å². The number of benzene rings is 2. The summed E-state index contributed by atoms with van der Waals surface area (Å²) in [6.45, 7) is 8.19. The van der Waals surface area contributed by atoms with Gasteiger partial charge in [0.05, 0.1) is 11.7 Å². The molecule has 158 valence electrons. The lowest BCUT2D eigenvalue weighted by Crippen LogP contribution is -2.50. The number of halogens is 2. The highest BCUT2D eigenvalue weighted by Gasteiger charge is 2.28. The Bertz CT molecular complexity index is 1080. The molecule has 3 aromatic rings. The minimum absolute atomic E-state index is 0.0401. The van der Waals surface area contributed by atoms with Crippen LogP contribution in [0.4, 0.5) is 14.6 Å². The highest BCUT2D eigenvalue weighted by Crippen LogP contribution is 2.35. The molecule has 0 bridgehead atoms. The maximum Gasteiger partial charge on any atom is 0.270 e. The van der Waals surface area contributed by atoms with Crippen molar-refractivity contribution in [1.82, 2.24) is 15.5 Å². The van der Waals surface area contributed by atoms with Gasteiger partial charge in [0.25, 0.3) is 5.92 Å². The van der Waals surface area contributed by atoms with Gasteiger partial charge in [-0.15, -0.1) is 5.10 Å². The van der Waals surface area contributed by atoms with Crippen LogP contribution in [-0.4, -0.2) is 29.4 Å². The number of hydrogen-bond acceptors (Lipinski definition) is 5. The van der Waals surface area contributed by atoms with Crippen molar-refractivity contribution in [1.29, 1.82) is 0 Å². The first kappa shape index (κ1) is 20.5. The Morgan fingerprint density at radius 3 is 2.57 bits per heavy atom. The van der Waals surface area contributed by atoms with E-state index in [4.69, 9.17) is 4.74 Å². The Kier molecular flexibility index (Phi) is 5.32. The van der Waals surface area contributed by atoms with E-state index >= 15 is 0 Å². The summed E-state index contributed by atoms with van der Waals surface area (Å²) in [5.74, 6) is -1.51. The summed E-state index contributed by atoms with van der Waals surface area (Å²) in [5, 5.41) is 17.1. The zero-order chi connectivity index (χ0) is 21.5. The largest absolute Gasteiger partial charge is 0.488 e. The second-order valence-corrected chi connectivity index (χ2v) is 8.01. The van der Waals surface area contributed by atoms with E-state index in [0.29, 0.717) is 11.4 Å². The molecule has 1 aliphatic heterocycles. The molecule has 1 aromatic heterocycles. The number of ether oxygens (including phenoxy) is 1. The molecule has 2 N–H and O–H groups in total. The van der Waals surface area contributed by atoms with E-state index in [1.54, 1.807) is 13.0 Å². The highest BCUT2D eigenvalue weighted by molar-refractivity contribution is 5.94. The van der Waals surface area contributed by atoms with Crippen LogP contribution in [0.1, 0.15) is 42.3 Å². The number of anilines is 1. The SMILES string of the molecule is Cc1c([C@@H](C)Nc2nnc(C)c3ccc(OC4CNC4)cc23)cccc1C(C)(F)F. The summed E-state index contributed by atoms with van der Waals surface area (Å²) in [4.78, 5) is 0. The number of nitrogens with one attached hydrogen (secondary N) is 2. The van der Waals surface area contributed by atoms with E-state index in [-0.39, 0.29) is 17.7 Å². The predicted molar refractivity (Wildman–Crippen MR) is 114 cm³/mol. The van der Waals surface area contributed by atoms with E-state index in [1.165, 1.54) is 6.07 Å². The van der Waals surface area contributed by atoms with Gasteiger partial charge in [-0.1, -0.05) is 18.2 Å². The standard InChI is InChI=1S/C23H26F2N4O/c1-13-18(6-5-7-21(13)23(4,24)25)14(2)27-22-20-10-16(30-17-11-26-12-17)8-9-19(20)15(3)28-29-22/h5-10,14,17,26H,11-12H2,1-4H3,(H,27,29)/t14-/m1/s1. The van der Waals surface area contributed by atoms with Crippen LogP contribution < -0.4 is 15.4 Å². The Labute approximate surface area is 174 Å². The lowest BCUT2D eigenvalue weighted by atomic mass is 9.94. The molecular formula is C23H26F2N4O. The van der Waals surface area contributed by atoms with E-state index in [2.05, 4.69) is 20.8 Å². The molecule has 1 saturated heterocycles. The lowest BCUT2D eigenvalue weighted by Gasteiger charge is -2.28. The predicted octanol–water partition coefficient (Wildman–Crippen LogP) is 4.88. The maximum atomic E-state index is 14.0. The van der Waals surface area contributed by atoms with Crippen molar-refractivity contribution < 1.29 is 13.5 Å². The van der Waals surface area contributed by atoms with Crippen molar-refractivity contribution in [3.8, 4) is 5.75 Å². The molecular weight excluding hydrogens is 386 g/mol. The summed E-state index contributed by atoms with van der Waals surface area (Å²) in [6.07, 6.45) is 0.176. The normalized spacial score (nSPS) is 15.7. The topological polar surface area (TPSA) is 59.1 Å². The monoisotopic (exact) mass is 412 g/mol. The van der Waals surface area contributed by atoms with Crippen molar-refractivity contribution in [2.75, 3.05) is 18.4 Å². The Morgan fingerprint density at radius 1 is 1.13 bits per heavy atom. The summed E-state index contributed by atoms with van der Waals surface area (Å²) in [5.41, 5.74) is 2.25. The summed E-state index contributed by atoms with van der Waals surface area (Å²) < 4.78 is 33.9. The Balaban J connectivity index is 1.68. The molecule has 7 heteroatoms. The van der Waals surface area contributed by atoms with Gasteiger partial charge in [-0.25, -0.2) is 8.78 Å². The van der Waals surface area contributed by atoms with E-state index in [1.807, 2.05) is 38.1 Å². The fourth-order valence-corrected chi connectivity index (χ4v) is 3.87. The molecule has 0 aliphatic carbocycles. The van der Waals surface area contributed by atoms with Gasteiger partial charge in [0.2, 0.25) is 0 Å². The van der Waals surface area contributed by atoms with Crippen molar-refractivity contribution >= 4 is 16.6 Å². The van der Waals surface area contributed by atoms with Gasteiger partial charge in [0.15, 0.2) is 5.82 Å². The molecule has 0 spiro atoms. The summed E-state index contributed by atoms with van der Waals surface area (Å²) in [6, 6.07) is 10.7. The second-order valence-electron chi connectivity index (χ2n) is 8.01. The Morgan fingerprint density at radius 2 is 1.90 bits per heavy atom. The quantitative estimate of drug-likeness (QED) is 0.604. The van der Waals surface area contributed by atoms with Crippen molar-refractivity contribution in [2.24, 2.45) is 0 Å². The van der Waals surface area contributed by atoms with Crippen LogP contribution in [0.2, 0.25) is 0 Å². The van der Waals surface area contributed by atoms with Gasteiger partial charge < -0.3 is 15.4 Å². The molecule has 2 heterocycles. The molecule has 0 unspecified atom stereocenters. The molecule has 30 heavy (non-hydrogen) atoms. The molecule has 0 amide bonds. The lowest BCUT2D eigenvalue weighted by molar-refractivity contribution is 0.0167. The molecule has 0 saturated carbocycles. The zero-order valence-corrected chi connectivity index (χ0v) is 17.6. The number of aromatic nitrogens is 2. The molecule has 2 aromatic carbocycles. The highest BCUT2D eigenvalue weighted by atomic mass is 19.3. The van der Waals surface area contributed by atoms with Crippen LogP contribution in [0.25, 0.3) is 10.8 Å². The van der Waals surface area contributed by atoms with E-state index in [0.717, 1.165) is 47.8 Å². The fraction of sp³-hybridized carbons (Fsp3) is 0.391. The molecule has 0 radical (unpaired) electrons. The number of fused-ring (bicyclic) bond motifs is 1. The van der Waals surface area contributed by atoms with Gasteiger partial charge in [0, 0.05) is 36.3 Å². The van der Waals surface area contributed by atoms with Gasteiger partial charge in [0.1, 0.15) is 11.9 Å². The zero-order valence-electron chi connectivity index (χ0n) is 17.6. The third-order valence-electron chi connectivity index (χ3n) is 5.65. The second kappa shape index (κ2) is 7.80. The number of hydrogen-bond donors (Lipinski definition) is 2. The van der Waals surface area contributed by atoms with Crippen molar-refractivity contribution in [2.45, 2.75) is 45.8 Å². The minimum atomic E-state index is -2.89. The number of alkyl halides is 2. The van der Waals surface area contributed by atoms with Gasteiger partial charge in [-0.3, -0.25) is 0 Å². The molecule has 1 aliphatic rings. The van der Waals surface area contributed by atoms with E-state index < -0.39 is 5.92 Å². The number of rotatable bonds is 6. The fourth-order valence-electron chi connectivity index (χ4n) is 3.87. The maximum absolute atomic E-state index is 14.0. The first-order chi connectivity index (χ1) is 14.2. The molecule has 1 atom stereocenters. The summed E-state index contributed by atoms with van der Waals surface area (Å²) >= 11 is 0. The van der Waals surface area contributed by atoms with E-state index in [9.17, 15) is 8.78 Å². The first-order valence-corrected chi connectivity index (χ1v) is 10.1. The minimum Gasteiger partial charge on any atom is -0.488 e. The number of nitrogens with zero attached hydrogens (tertiary/aromatic N) is 2. The van der Waals surface area contributed by atoms with Crippen LogP contribution in [0.3, 0.4) is 0 Å². The third-order valence-corrected chi connectivity index (χ3v) is 5.65. The average molecular weight is 412 g/mol. The molecule has 5 nitrogen and oxygen atoms in total. The Hall–Kier alpha value is -2.80.